The summed E-state index contributed by atoms with van der Waals surface area (Å²) in [5.74, 6) is -0.255. The number of thiophene rings is 1. The van der Waals surface area contributed by atoms with Gasteiger partial charge in [-0.05, 0) is 29.1 Å². The zero-order chi connectivity index (χ0) is 11.8. The highest BCUT2D eigenvalue weighted by Gasteiger charge is 2.09. The van der Waals surface area contributed by atoms with Crippen LogP contribution in [-0.4, -0.2) is 4.98 Å². The third-order valence-corrected chi connectivity index (χ3v) is 3.99. The van der Waals surface area contributed by atoms with E-state index in [1.807, 2.05) is 11.4 Å². The van der Waals surface area contributed by atoms with E-state index in [1.54, 1.807) is 29.7 Å². The van der Waals surface area contributed by atoms with E-state index in [2.05, 4.69) is 4.98 Å². The average molecular weight is 264 g/mol. The summed E-state index contributed by atoms with van der Waals surface area (Å²) in [5, 5.41) is 2.63. The van der Waals surface area contributed by atoms with Gasteiger partial charge in [0.1, 0.15) is 5.82 Å². The van der Waals surface area contributed by atoms with Gasteiger partial charge in [-0.15, -0.1) is 11.3 Å². The molecule has 0 unspecified atom stereocenters. The van der Waals surface area contributed by atoms with Gasteiger partial charge in [-0.3, -0.25) is 4.98 Å². The Morgan fingerprint density at radius 1 is 1.12 bits per heavy atom. The van der Waals surface area contributed by atoms with Gasteiger partial charge in [-0.1, -0.05) is 23.7 Å². The number of pyridine rings is 1. The zero-order valence-electron chi connectivity index (χ0n) is 8.65. The molecular weight excluding hydrogens is 257 g/mol. The van der Waals surface area contributed by atoms with Gasteiger partial charge in [-0.25, -0.2) is 4.39 Å². The van der Waals surface area contributed by atoms with Gasteiger partial charge in [0.2, 0.25) is 0 Å². The molecule has 0 amide bonds. The van der Waals surface area contributed by atoms with Crippen molar-refractivity contribution in [2.24, 2.45) is 0 Å². The predicted molar refractivity (Wildman–Crippen MR) is 70.0 cm³/mol. The molecule has 0 bridgehead atoms. The summed E-state index contributed by atoms with van der Waals surface area (Å²) in [6, 6.07) is 8.18. The Labute approximate surface area is 106 Å². The van der Waals surface area contributed by atoms with E-state index in [1.165, 1.54) is 12.1 Å². The molecule has 1 nitrogen and oxygen atoms in total. The Balaban J connectivity index is 2.23. The molecule has 0 N–H and O–H groups in total. The Morgan fingerprint density at radius 3 is 2.65 bits per heavy atom. The normalized spacial score (nSPS) is 10.9. The maximum atomic E-state index is 12.9. The summed E-state index contributed by atoms with van der Waals surface area (Å²) in [7, 11) is 0. The molecule has 3 aromatic rings. The maximum absolute atomic E-state index is 12.9. The van der Waals surface area contributed by atoms with Crippen LogP contribution >= 0.6 is 22.9 Å². The quantitative estimate of drug-likeness (QED) is 0.617. The fourth-order valence-corrected chi connectivity index (χ4v) is 2.89. The first kappa shape index (κ1) is 10.7. The van der Waals surface area contributed by atoms with Crippen molar-refractivity contribution in [3.05, 3.63) is 52.7 Å². The van der Waals surface area contributed by atoms with E-state index < -0.39 is 0 Å². The molecule has 0 fully saturated rings. The highest BCUT2D eigenvalue weighted by atomic mass is 35.5. The van der Waals surface area contributed by atoms with Crippen molar-refractivity contribution in [2.75, 3.05) is 0 Å². The number of nitrogens with zero attached hydrogens (tertiary/aromatic N) is 1. The SMILES string of the molecule is Fc1ccc(-c2cnc3ccsc3c2Cl)cc1. The van der Waals surface area contributed by atoms with Crippen molar-refractivity contribution in [1.82, 2.24) is 4.98 Å². The summed E-state index contributed by atoms with van der Waals surface area (Å²) in [5.41, 5.74) is 2.60. The monoisotopic (exact) mass is 263 g/mol. The third kappa shape index (κ3) is 1.81. The molecule has 0 spiro atoms. The van der Waals surface area contributed by atoms with E-state index in [0.717, 1.165) is 21.3 Å². The maximum Gasteiger partial charge on any atom is 0.123 e. The fourth-order valence-electron chi connectivity index (χ4n) is 1.71. The van der Waals surface area contributed by atoms with E-state index in [4.69, 9.17) is 11.6 Å². The van der Waals surface area contributed by atoms with Gasteiger partial charge in [0, 0.05) is 11.8 Å². The second-order valence-electron chi connectivity index (χ2n) is 3.63. The van der Waals surface area contributed by atoms with Crippen molar-refractivity contribution >= 4 is 33.2 Å². The number of fused-ring (bicyclic) bond motifs is 1. The number of rotatable bonds is 1. The first-order valence-corrected chi connectivity index (χ1v) is 6.29. The molecule has 0 radical (unpaired) electrons. The molecule has 0 aliphatic rings. The first-order valence-electron chi connectivity index (χ1n) is 5.03. The van der Waals surface area contributed by atoms with Crippen LogP contribution in [0.1, 0.15) is 0 Å². The van der Waals surface area contributed by atoms with Crippen LogP contribution in [0.15, 0.2) is 41.9 Å². The van der Waals surface area contributed by atoms with E-state index in [-0.39, 0.29) is 5.82 Å². The molecule has 0 atom stereocenters. The lowest BCUT2D eigenvalue weighted by Gasteiger charge is -2.04. The van der Waals surface area contributed by atoms with Crippen LogP contribution in [-0.2, 0) is 0 Å². The van der Waals surface area contributed by atoms with E-state index >= 15 is 0 Å². The number of halogens is 2. The topological polar surface area (TPSA) is 12.9 Å². The highest BCUT2D eigenvalue weighted by Crippen LogP contribution is 2.35. The second kappa shape index (κ2) is 4.09. The Bertz CT molecular complexity index is 675. The van der Waals surface area contributed by atoms with Crippen LogP contribution in [0.3, 0.4) is 0 Å². The minimum atomic E-state index is -0.255. The molecule has 4 heteroatoms. The molecule has 0 aliphatic carbocycles. The number of aromatic nitrogens is 1. The van der Waals surface area contributed by atoms with Gasteiger partial charge in [0.05, 0.1) is 15.2 Å². The van der Waals surface area contributed by atoms with Gasteiger partial charge in [-0.2, -0.15) is 0 Å². The largest absolute Gasteiger partial charge is 0.255 e. The lowest BCUT2D eigenvalue weighted by molar-refractivity contribution is 0.628. The summed E-state index contributed by atoms with van der Waals surface area (Å²) >= 11 is 7.89. The van der Waals surface area contributed by atoms with Gasteiger partial charge >= 0.3 is 0 Å². The molecule has 1 aromatic carbocycles. The number of benzene rings is 1. The van der Waals surface area contributed by atoms with Crippen LogP contribution in [0.25, 0.3) is 21.3 Å². The van der Waals surface area contributed by atoms with Crippen molar-refractivity contribution in [1.29, 1.82) is 0 Å². The predicted octanol–water partition coefficient (Wildman–Crippen LogP) is 4.76. The molecule has 84 valence electrons. The average Bonchev–Trinajstić information content (AvgIpc) is 2.80. The third-order valence-electron chi connectivity index (χ3n) is 2.57. The molecule has 0 aliphatic heterocycles. The number of hydrogen-bond acceptors (Lipinski definition) is 2. The Morgan fingerprint density at radius 2 is 1.88 bits per heavy atom. The molecular formula is C13H7ClFNS. The summed E-state index contributed by atoms with van der Waals surface area (Å²) in [6.07, 6.45) is 1.73. The van der Waals surface area contributed by atoms with Gasteiger partial charge in [0.15, 0.2) is 0 Å². The fraction of sp³-hybridized carbons (Fsp3) is 0. The van der Waals surface area contributed by atoms with Crippen LogP contribution < -0.4 is 0 Å². The lowest BCUT2D eigenvalue weighted by atomic mass is 10.1. The van der Waals surface area contributed by atoms with Crippen LogP contribution in [0.5, 0.6) is 0 Å². The molecule has 3 rings (SSSR count). The van der Waals surface area contributed by atoms with Gasteiger partial charge < -0.3 is 0 Å². The standard InChI is InChI=1S/C13H7ClFNS/c14-12-10(8-1-3-9(15)4-2-8)7-16-11-5-6-17-13(11)12/h1-7H. The molecule has 2 aromatic heterocycles. The second-order valence-corrected chi connectivity index (χ2v) is 4.92. The van der Waals surface area contributed by atoms with E-state index in [0.29, 0.717) is 5.02 Å². The molecule has 2 heterocycles. The molecule has 17 heavy (non-hydrogen) atoms. The number of hydrogen-bond donors (Lipinski definition) is 0. The lowest BCUT2D eigenvalue weighted by Crippen LogP contribution is -1.83. The molecule has 0 saturated carbocycles. The zero-order valence-corrected chi connectivity index (χ0v) is 10.2. The Kier molecular flexibility index (Phi) is 2.57. The van der Waals surface area contributed by atoms with Gasteiger partial charge in [0.25, 0.3) is 0 Å². The summed E-state index contributed by atoms with van der Waals surface area (Å²) in [6.45, 7) is 0. The highest BCUT2D eigenvalue weighted by molar-refractivity contribution is 7.17. The minimum absolute atomic E-state index is 0.255. The van der Waals surface area contributed by atoms with Crippen LogP contribution in [0, 0.1) is 5.82 Å². The van der Waals surface area contributed by atoms with Crippen molar-refractivity contribution < 1.29 is 4.39 Å². The molecule has 0 saturated heterocycles. The minimum Gasteiger partial charge on any atom is -0.255 e. The van der Waals surface area contributed by atoms with Crippen molar-refractivity contribution in [3.8, 4) is 11.1 Å². The first-order chi connectivity index (χ1) is 8.25. The van der Waals surface area contributed by atoms with Crippen LogP contribution in [0.2, 0.25) is 5.02 Å². The van der Waals surface area contributed by atoms with Crippen molar-refractivity contribution in [3.63, 3.8) is 0 Å². The van der Waals surface area contributed by atoms with Crippen molar-refractivity contribution in [2.45, 2.75) is 0 Å². The summed E-state index contributed by atoms with van der Waals surface area (Å²) in [4.78, 5) is 4.33. The summed E-state index contributed by atoms with van der Waals surface area (Å²) < 4.78 is 13.8. The Hall–Kier alpha value is -1.45. The van der Waals surface area contributed by atoms with Crippen LogP contribution in [0.4, 0.5) is 4.39 Å². The van der Waals surface area contributed by atoms with E-state index in [9.17, 15) is 4.39 Å². The smallest absolute Gasteiger partial charge is 0.123 e.